The van der Waals surface area contributed by atoms with E-state index >= 15 is 0 Å². The van der Waals surface area contributed by atoms with Crippen LogP contribution in [0.25, 0.3) is 0 Å². The maximum Gasteiger partial charge on any atom is 0.422 e. The highest BCUT2D eigenvalue weighted by Gasteiger charge is 2.37. The Hall–Kier alpha value is -5.16. The lowest BCUT2D eigenvalue weighted by atomic mass is 10.1. The Labute approximate surface area is 174 Å². The van der Waals surface area contributed by atoms with E-state index in [4.69, 9.17) is 0 Å². The Bertz CT molecular complexity index is 1140. The Morgan fingerprint density at radius 3 is 1.25 bits per heavy atom. The molecule has 0 N–H and O–H groups in total. The van der Waals surface area contributed by atoms with Gasteiger partial charge in [-0.15, -0.1) is 0 Å². The van der Waals surface area contributed by atoms with Gasteiger partial charge in [0.05, 0.1) is 41.7 Å². The molecule has 0 radical (unpaired) electrons. The molecule has 2 aromatic carbocycles. The zero-order valence-corrected chi connectivity index (χ0v) is 15.9. The SMILES string of the molecule is Cc1c([N+](=O)[O-])cc([N+](=O)[O-])cc1[N+](=O)[O-].Cc1ccc([N+](=O)[O-])c([N+](=O)[O-])c1[N+](=O)[O-]. The van der Waals surface area contributed by atoms with E-state index in [0.29, 0.717) is 12.1 Å². The fourth-order valence-electron chi connectivity index (χ4n) is 2.38. The highest BCUT2D eigenvalue weighted by molar-refractivity contribution is 5.68. The molecule has 0 aromatic heterocycles. The molecule has 2 aromatic rings. The van der Waals surface area contributed by atoms with Crippen molar-refractivity contribution in [1.29, 1.82) is 0 Å². The van der Waals surface area contributed by atoms with Gasteiger partial charge >= 0.3 is 17.1 Å². The number of hydrogen-bond acceptors (Lipinski definition) is 12. The molecule has 18 heteroatoms. The maximum absolute atomic E-state index is 10.6. The van der Waals surface area contributed by atoms with Gasteiger partial charge in [-0.3, -0.25) is 60.7 Å². The molecular weight excluding hydrogens is 444 g/mol. The first-order chi connectivity index (χ1) is 14.7. The van der Waals surface area contributed by atoms with Crippen molar-refractivity contribution >= 4 is 34.1 Å². The Balaban J connectivity index is 0.000000320. The predicted molar refractivity (Wildman–Crippen MR) is 102 cm³/mol. The monoisotopic (exact) mass is 454 g/mol. The van der Waals surface area contributed by atoms with E-state index in [-0.39, 0.29) is 11.1 Å². The number of nitro benzene ring substituents is 6. The van der Waals surface area contributed by atoms with Crippen LogP contribution in [0.15, 0.2) is 24.3 Å². The normalized spacial score (nSPS) is 9.81. The summed E-state index contributed by atoms with van der Waals surface area (Å²) in [5.74, 6) is 0. The lowest BCUT2D eigenvalue weighted by molar-refractivity contribution is -0.441. The van der Waals surface area contributed by atoms with Crippen LogP contribution < -0.4 is 0 Å². The van der Waals surface area contributed by atoms with Crippen molar-refractivity contribution in [3.63, 3.8) is 0 Å². The summed E-state index contributed by atoms with van der Waals surface area (Å²) in [6, 6.07) is 3.37. The zero-order valence-electron chi connectivity index (χ0n) is 15.9. The Morgan fingerprint density at radius 2 is 0.938 bits per heavy atom. The van der Waals surface area contributed by atoms with Crippen molar-refractivity contribution in [3.8, 4) is 0 Å². The van der Waals surface area contributed by atoms with Crippen molar-refractivity contribution in [2.45, 2.75) is 13.8 Å². The fourth-order valence-corrected chi connectivity index (χ4v) is 2.38. The highest BCUT2D eigenvalue weighted by Crippen LogP contribution is 2.38. The largest absolute Gasteiger partial charge is 0.422 e. The van der Waals surface area contributed by atoms with Crippen LogP contribution in [0, 0.1) is 74.5 Å². The summed E-state index contributed by atoms with van der Waals surface area (Å²) in [6.07, 6.45) is 0. The van der Waals surface area contributed by atoms with Crippen molar-refractivity contribution in [1.82, 2.24) is 0 Å². The molecule has 2 rings (SSSR count). The molecule has 0 heterocycles. The molecule has 0 bridgehead atoms. The highest BCUT2D eigenvalue weighted by atomic mass is 16.7. The summed E-state index contributed by atoms with van der Waals surface area (Å²) >= 11 is 0. The van der Waals surface area contributed by atoms with Gasteiger partial charge in [-0.2, -0.15) is 0 Å². The molecule has 0 saturated heterocycles. The summed E-state index contributed by atoms with van der Waals surface area (Å²) in [4.78, 5) is 57.3. The second kappa shape index (κ2) is 9.56. The third kappa shape index (κ3) is 5.25. The van der Waals surface area contributed by atoms with Gasteiger partial charge in [0.15, 0.2) is 0 Å². The van der Waals surface area contributed by atoms with Gasteiger partial charge in [-0.25, -0.2) is 0 Å². The van der Waals surface area contributed by atoms with Crippen molar-refractivity contribution < 1.29 is 29.5 Å². The number of aryl methyl sites for hydroxylation is 1. The van der Waals surface area contributed by atoms with E-state index in [1.807, 2.05) is 0 Å². The van der Waals surface area contributed by atoms with E-state index in [0.717, 1.165) is 12.1 Å². The predicted octanol–water partition coefficient (Wildman–Crippen LogP) is 3.44. The lowest BCUT2D eigenvalue weighted by Gasteiger charge is -1.99. The van der Waals surface area contributed by atoms with Crippen molar-refractivity contribution in [2.24, 2.45) is 0 Å². The molecule has 168 valence electrons. The average molecular weight is 454 g/mol. The molecule has 0 amide bonds. The molecule has 0 fully saturated rings. The Kier molecular flexibility index (Phi) is 7.43. The van der Waals surface area contributed by atoms with Crippen LogP contribution in [0.4, 0.5) is 34.1 Å². The second-order valence-electron chi connectivity index (χ2n) is 5.75. The van der Waals surface area contributed by atoms with Gasteiger partial charge in [-0.05, 0) is 19.9 Å². The summed E-state index contributed by atoms with van der Waals surface area (Å²) < 4.78 is 0. The number of non-ortho nitro benzene ring substituents is 1. The van der Waals surface area contributed by atoms with Crippen molar-refractivity contribution in [3.05, 3.63) is 96.1 Å². The first-order valence-corrected chi connectivity index (χ1v) is 7.85. The summed E-state index contributed by atoms with van der Waals surface area (Å²) in [6.45, 7) is 2.44. The molecule has 0 aliphatic rings. The van der Waals surface area contributed by atoms with E-state index < -0.39 is 63.7 Å². The molecule has 0 aliphatic carbocycles. The van der Waals surface area contributed by atoms with Crippen LogP contribution in [0.3, 0.4) is 0 Å². The van der Waals surface area contributed by atoms with E-state index in [2.05, 4.69) is 0 Å². The first kappa shape index (κ1) is 24.9. The number of hydrogen-bond donors (Lipinski definition) is 0. The quantitative estimate of drug-likeness (QED) is 0.448. The molecule has 32 heavy (non-hydrogen) atoms. The van der Waals surface area contributed by atoms with Crippen molar-refractivity contribution in [2.75, 3.05) is 0 Å². The summed E-state index contributed by atoms with van der Waals surface area (Å²) in [5.41, 5.74) is -4.98. The Morgan fingerprint density at radius 1 is 0.531 bits per heavy atom. The van der Waals surface area contributed by atoms with Crippen LogP contribution in [0.2, 0.25) is 0 Å². The van der Waals surface area contributed by atoms with Gasteiger partial charge in [0, 0.05) is 11.6 Å². The minimum Gasteiger partial charge on any atom is -0.258 e. The molecule has 0 aliphatic heterocycles. The van der Waals surface area contributed by atoms with Crippen LogP contribution in [0.5, 0.6) is 0 Å². The smallest absolute Gasteiger partial charge is 0.258 e. The van der Waals surface area contributed by atoms with Crippen LogP contribution in [0.1, 0.15) is 11.1 Å². The maximum atomic E-state index is 10.6. The van der Waals surface area contributed by atoms with Gasteiger partial charge in [-0.1, -0.05) is 0 Å². The number of nitrogens with zero attached hydrogens (tertiary/aromatic N) is 6. The van der Waals surface area contributed by atoms with Gasteiger partial charge < -0.3 is 0 Å². The van der Waals surface area contributed by atoms with Gasteiger partial charge in [0.1, 0.15) is 5.56 Å². The van der Waals surface area contributed by atoms with Crippen LogP contribution >= 0.6 is 0 Å². The van der Waals surface area contributed by atoms with Crippen LogP contribution in [-0.4, -0.2) is 29.5 Å². The van der Waals surface area contributed by atoms with E-state index in [1.165, 1.54) is 13.8 Å². The first-order valence-electron chi connectivity index (χ1n) is 7.85. The molecular formula is C14H10N6O12. The minimum atomic E-state index is -1.12. The van der Waals surface area contributed by atoms with Gasteiger partial charge in [0.25, 0.3) is 17.1 Å². The third-order valence-electron chi connectivity index (χ3n) is 3.84. The van der Waals surface area contributed by atoms with E-state index in [9.17, 15) is 60.7 Å². The standard InChI is InChI=1S/2C7H5N3O6/c1-4-6(9(13)14)2-5(8(11)12)3-7(4)10(15)16;1-4-2-3-5(8(11)12)7(10(15)16)6(4)9(13)14/h2*2-3H,1H3. The number of benzene rings is 2. The summed E-state index contributed by atoms with van der Waals surface area (Å²) in [5, 5.41) is 63.2. The lowest BCUT2D eigenvalue weighted by Crippen LogP contribution is -2.02. The number of nitro groups is 6. The average Bonchev–Trinajstić information content (AvgIpc) is 2.66. The zero-order chi connectivity index (χ0) is 24.9. The third-order valence-corrected chi connectivity index (χ3v) is 3.84. The summed E-state index contributed by atoms with van der Waals surface area (Å²) in [7, 11) is 0. The minimum absolute atomic E-state index is 0.00213. The molecule has 0 saturated carbocycles. The molecule has 18 nitrogen and oxygen atoms in total. The second-order valence-corrected chi connectivity index (χ2v) is 5.75. The number of rotatable bonds is 6. The van der Waals surface area contributed by atoms with Gasteiger partial charge in [0.2, 0.25) is 0 Å². The molecule has 0 unspecified atom stereocenters. The molecule has 0 atom stereocenters. The van der Waals surface area contributed by atoms with E-state index in [1.54, 1.807) is 0 Å². The van der Waals surface area contributed by atoms with Crippen LogP contribution in [-0.2, 0) is 0 Å². The fraction of sp³-hybridized carbons (Fsp3) is 0.143. The topological polar surface area (TPSA) is 259 Å². The molecule has 0 spiro atoms.